The van der Waals surface area contributed by atoms with Crippen LogP contribution < -0.4 is 0 Å². The third kappa shape index (κ3) is 1.14. The molecule has 0 aromatic heterocycles. The van der Waals surface area contributed by atoms with Gasteiger partial charge < -0.3 is 0 Å². The van der Waals surface area contributed by atoms with E-state index in [0.717, 1.165) is 5.57 Å². The molecule has 0 aromatic rings. The zero-order chi connectivity index (χ0) is 9.52. The lowest BCUT2D eigenvalue weighted by Crippen LogP contribution is -2.11. The first-order valence-electron chi connectivity index (χ1n) is 3.61. The van der Waals surface area contributed by atoms with Crippen molar-refractivity contribution in [2.75, 3.05) is 0 Å². The van der Waals surface area contributed by atoms with Gasteiger partial charge in [0.1, 0.15) is 0 Å². The summed E-state index contributed by atoms with van der Waals surface area (Å²) in [6.07, 6.45) is 1.43. The number of rotatable bonds is 1. The van der Waals surface area contributed by atoms with E-state index in [-0.39, 0.29) is 11.1 Å². The van der Waals surface area contributed by atoms with Crippen molar-refractivity contribution in [2.45, 2.75) is 20.8 Å². The van der Waals surface area contributed by atoms with Crippen molar-refractivity contribution in [3.63, 3.8) is 0 Å². The number of nitro groups is 1. The summed E-state index contributed by atoms with van der Waals surface area (Å²) in [6.45, 7) is 5.49. The van der Waals surface area contributed by atoms with E-state index in [1.165, 1.54) is 6.08 Å². The zero-order valence-corrected chi connectivity index (χ0v) is 7.97. The SMILES string of the molecule is CC1=C([N+](=O)[O-])C=C(Cl)C1(C)C. The Morgan fingerprint density at radius 1 is 1.58 bits per heavy atom. The summed E-state index contributed by atoms with van der Waals surface area (Å²) in [4.78, 5) is 10.1. The van der Waals surface area contributed by atoms with E-state index >= 15 is 0 Å². The normalized spacial score (nSPS) is 21.2. The van der Waals surface area contributed by atoms with Gasteiger partial charge in [-0.2, -0.15) is 0 Å². The van der Waals surface area contributed by atoms with Crippen molar-refractivity contribution in [1.82, 2.24) is 0 Å². The van der Waals surface area contributed by atoms with Crippen LogP contribution in [0.25, 0.3) is 0 Å². The van der Waals surface area contributed by atoms with Crippen molar-refractivity contribution in [3.05, 3.63) is 32.5 Å². The topological polar surface area (TPSA) is 43.1 Å². The minimum Gasteiger partial charge on any atom is -0.258 e. The molecule has 66 valence electrons. The van der Waals surface area contributed by atoms with Crippen molar-refractivity contribution >= 4 is 11.6 Å². The average molecular weight is 188 g/mol. The molecule has 0 saturated carbocycles. The third-order valence-electron chi connectivity index (χ3n) is 2.38. The highest BCUT2D eigenvalue weighted by molar-refractivity contribution is 6.31. The van der Waals surface area contributed by atoms with Crippen molar-refractivity contribution in [2.24, 2.45) is 5.41 Å². The van der Waals surface area contributed by atoms with Crippen LogP contribution in [0.5, 0.6) is 0 Å². The Bertz CT molecular complexity index is 302. The minimum atomic E-state index is -0.396. The number of hydrogen-bond donors (Lipinski definition) is 0. The Kier molecular flexibility index (Phi) is 2.00. The Balaban J connectivity index is 3.20. The van der Waals surface area contributed by atoms with Crippen LogP contribution in [-0.4, -0.2) is 4.92 Å². The summed E-state index contributed by atoms with van der Waals surface area (Å²) in [5.74, 6) is 0. The van der Waals surface area contributed by atoms with E-state index in [4.69, 9.17) is 11.6 Å². The maximum absolute atomic E-state index is 10.5. The van der Waals surface area contributed by atoms with Crippen LogP contribution in [0.4, 0.5) is 0 Å². The van der Waals surface area contributed by atoms with E-state index in [0.29, 0.717) is 5.03 Å². The van der Waals surface area contributed by atoms with E-state index < -0.39 is 4.92 Å². The Morgan fingerprint density at radius 2 is 2.08 bits per heavy atom. The van der Waals surface area contributed by atoms with Crippen LogP contribution in [-0.2, 0) is 0 Å². The molecule has 1 aliphatic rings. The average Bonchev–Trinajstić information content (AvgIpc) is 2.13. The van der Waals surface area contributed by atoms with E-state index in [1.54, 1.807) is 6.92 Å². The molecule has 0 amide bonds. The third-order valence-corrected chi connectivity index (χ3v) is 2.96. The molecule has 0 radical (unpaired) electrons. The predicted molar refractivity (Wildman–Crippen MR) is 47.4 cm³/mol. The highest BCUT2D eigenvalue weighted by Crippen LogP contribution is 2.44. The fraction of sp³-hybridized carbons (Fsp3) is 0.500. The number of halogens is 1. The molecule has 3 nitrogen and oxygen atoms in total. The predicted octanol–water partition coefficient (Wildman–Crippen LogP) is 2.70. The lowest BCUT2D eigenvalue weighted by Gasteiger charge is -2.18. The summed E-state index contributed by atoms with van der Waals surface area (Å²) in [5.41, 5.74) is 0.478. The summed E-state index contributed by atoms with van der Waals surface area (Å²) in [7, 11) is 0. The van der Waals surface area contributed by atoms with Crippen molar-refractivity contribution < 1.29 is 4.92 Å². The highest BCUT2D eigenvalue weighted by Gasteiger charge is 2.36. The van der Waals surface area contributed by atoms with Crippen LogP contribution in [0.2, 0.25) is 0 Å². The van der Waals surface area contributed by atoms with Gasteiger partial charge in [0.25, 0.3) is 5.70 Å². The maximum atomic E-state index is 10.5. The first-order chi connectivity index (χ1) is 5.37. The van der Waals surface area contributed by atoms with Gasteiger partial charge in [-0.1, -0.05) is 25.4 Å². The second kappa shape index (κ2) is 2.59. The number of hydrogen-bond acceptors (Lipinski definition) is 2. The number of nitrogens with zero attached hydrogens (tertiary/aromatic N) is 1. The monoisotopic (exact) mass is 187 g/mol. The van der Waals surface area contributed by atoms with Crippen LogP contribution in [0, 0.1) is 15.5 Å². The van der Waals surface area contributed by atoms with Gasteiger partial charge in [0.05, 0.1) is 4.92 Å². The number of allylic oxidation sites excluding steroid dienone is 3. The van der Waals surface area contributed by atoms with Crippen molar-refractivity contribution in [1.29, 1.82) is 0 Å². The summed E-state index contributed by atoms with van der Waals surface area (Å²) < 4.78 is 0. The summed E-state index contributed by atoms with van der Waals surface area (Å²) >= 11 is 5.85. The van der Waals surface area contributed by atoms with Gasteiger partial charge in [-0.15, -0.1) is 0 Å². The molecule has 0 spiro atoms. The van der Waals surface area contributed by atoms with Gasteiger partial charge >= 0.3 is 0 Å². The molecule has 0 aromatic carbocycles. The van der Waals surface area contributed by atoms with Gasteiger partial charge in [0, 0.05) is 22.1 Å². The molecule has 0 fully saturated rings. The molecule has 0 saturated heterocycles. The molecule has 0 bridgehead atoms. The Hall–Kier alpha value is -0.830. The Morgan fingerprint density at radius 3 is 2.25 bits per heavy atom. The van der Waals surface area contributed by atoms with Gasteiger partial charge in [0.15, 0.2) is 0 Å². The van der Waals surface area contributed by atoms with Gasteiger partial charge in [-0.25, -0.2) is 0 Å². The first-order valence-corrected chi connectivity index (χ1v) is 3.98. The van der Waals surface area contributed by atoms with Crippen LogP contribution in [0.15, 0.2) is 22.4 Å². The highest BCUT2D eigenvalue weighted by atomic mass is 35.5. The van der Waals surface area contributed by atoms with E-state index in [1.807, 2.05) is 13.8 Å². The summed E-state index contributed by atoms with van der Waals surface area (Å²) in [6, 6.07) is 0. The molecule has 0 aliphatic heterocycles. The maximum Gasteiger partial charge on any atom is 0.270 e. The minimum absolute atomic E-state index is 0.130. The molecule has 1 rings (SSSR count). The molecule has 0 heterocycles. The van der Waals surface area contributed by atoms with Crippen molar-refractivity contribution in [3.8, 4) is 0 Å². The van der Waals surface area contributed by atoms with Crippen LogP contribution >= 0.6 is 11.6 Å². The summed E-state index contributed by atoms with van der Waals surface area (Å²) in [5, 5.41) is 11.0. The zero-order valence-electron chi connectivity index (χ0n) is 7.22. The molecule has 0 unspecified atom stereocenters. The lowest BCUT2D eigenvalue weighted by molar-refractivity contribution is -0.420. The molecular formula is C8H10ClNO2. The Labute approximate surface area is 75.9 Å². The van der Waals surface area contributed by atoms with Gasteiger partial charge in [0.2, 0.25) is 0 Å². The lowest BCUT2D eigenvalue weighted by atomic mass is 9.88. The smallest absolute Gasteiger partial charge is 0.258 e. The molecule has 12 heavy (non-hydrogen) atoms. The first kappa shape index (κ1) is 9.26. The molecular weight excluding hydrogens is 178 g/mol. The van der Waals surface area contributed by atoms with Crippen LogP contribution in [0.3, 0.4) is 0 Å². The fourth-order valence-electron chi connectivity index (χ4n) is 1.10. The second-order valence-corrected chi connectivity index (χ2v) is 3.79. The quantitative estimate of drug-likeness (QED) is 0.468. The van der Waals surface area contributed by atoms with Gasteiger partial charge in [-0.05, 0) is 6.92 Å². The van der Waals surface area contributed by atoms with E-state index in [9.17, 15) is 10.1 Å². The second-order valence-electron chi connectivity index (χ2n) is 3.38. The van der Waals surface area contributed by atoms with E-state index in [2.05, 4.69) is 0 Å². The molecule has 1 aliphatic carbocycles. The molecule has 0 atom stereocenters. The molecule has 4 heteroatoms. The van der Waals surface area contributed by atoms with Crippen LogP contribution in [0.1, 0.15) is 20.8 Å². The largest absolute Gasteiger partial charge is 0.270 e. The van der Waals surface area contributed by atoms with Gasteiger partial charge in [-0.3, -0.25) is 10.1 Å². The molecule has 0 N–H and O–H groups in total. The fourth-order valence-corrected chi connectivity index (χ4v) is 1.34. The standard InChI is InChI=1S/C8H10ClNO2/c1-5-6(10(11)12)4-7(9)8(5,2)3/h4H,1-3H3.